The van der Waals surface area contributed by atoms with Crippen LogP contribution in [0.3, 0.4) is 0 Å². The smallest absolute Gasteiger partial charge is 0.336 e. The van der Waals surface area contributed by atoms with Crippen molar-refractivity contribution in [3.8, 4) is 11.5 Å². The Morgan fingerprint density at radius 2 is 2.00 bits per heavy atom. The maximum Gasteiger partial charge on any atom is 0.336 e. The normalized spacial score (nSPS) is 10.7. The number of aryl methyl sites for hydroxylation is 1. The molecule has 0 saturated heterocycles. The Balaban J connectivity index is 2.06. The van der Waals surface area contributed by atoms with Crippen LogP contribution in [-0.2, 0) is 4.79 Å². The molecule has 0 aliphatic heterocycles. The van der Waals surface area contributed by atoms with Crippen LogP contribution in [0.4, 0.5) is 0 Å². The molecule has 2 rings (SSSR count). The summed E-state index contributed by atoms with van der Waals surface area (Å²) >= 11 is 5.94. The van der Waals surface area contributed by atoms with Crippen molar-refractivity contribution >= 4 is 23.6 Å². The Morgan fingerprint density at radius 3 is 2.73 bits per heavy atom. The summed E-state index contributed by atoms with van der Waals surface area (Å²) in [6.45, 7) is 4.34. The molecule has 0 heterocycles. The van der Waals surface area contributed by atoms with Crippen LogP contribution < -0.4 is 9.47 Å². The Morgan fingerprint density at radius 1 is 1.23 bits per heavy atom. The summed E-state index contributed by atoms with van der Waals surface area (Å²) < 4.78 is 10.7. The van der Waals surface area contributed by atoms with Crippen molar-refractivity contribution in [3.05, 3.63) is 64.7 Å². The van der Waals surface area contributed by atoms with E-state index in [4.69, 9.17) is 21.1 Å². The monoisotopic (exact) mass is 316 g/mol. The number of carbonyl (C=O) groups excluding carboxylic acids is 1. The molecule has 0 radical (unpaired) electrons. The highest BCUT2D eigenvalue weighted by Gasteiger charge is 2.04. The fourth-order valence-electron chi connectivity index (χ4n) is 1.89. The van der Waals surface area contributed by atoms with E-state index >= 15 is 0 Å². The molecular formula is C18H17ClO3. The Hall–Kier alpha value is -2.26. The van der Waals surface area contributed by atoms with Gasteiger partial charge in [0.25, 0.3) is 0 Å². The predicted molar refractivity (Wildman–Crippen MR) is 88.5 cm³/mol. The highest BCUT2D eigenvalue weighted by Crippen LogP contribution is 2.22. The van der Waals surface area contributed by atoms with E-state index in [-0.39, 0.29) is 0 Å². The molecular weight excluding hydrogens is 300 g/mol. The summed E-state index contributed by atoms with van der Waals surface area (Å²) in [5, 5.41) is 0.640. The molecule has 2 aromatic carbocycles. The van der Waals surface area contributed by atoms with E-state index in [2.05, 4.69) is 0 Å². The van der Waals surface area contributed by atoms with Crippen LogP contribution >= 0.6 is 11.6 Å². The molecule has 0 N–H and O–H groups in total. The number of benzene rings is 2. The SMILES string of the molecule is CCOc1ccccc1/C=C/C(=O)Oc1ccc(Cl)c(C)c1. The van der Waals surface area contributed by atoms with Gasteiger partial charge < -0.3 is 9.47 Å². The van der Waals surface area contributed by atoms with E-state index in [9.17, 15) is 4.79 Å². The predicted octanol–water partition coefficient (Wildman–Crippen LogP) is 4.67. The van der Waals surface area contributed by atoms with Crippen LogP contribution in [0, 0.1) is 6.92 Å². The maximum absolute atomic E-state index is 11.9. The third-order valence-corrected chi connectivity index (χ3v) is 3.39. The zero-order chi connectivity index (χ0) is 15.9. The van der Waals surface area contributed by atoms with Gasteiger partial charge in [0, 0.05) is 16.7 Å². The lowest BCUT2D eigenvalue weighted by atomic mass is 10.2. The van der Waals surface area contributed by atoms with Crippen LogP contribution in [0.5, 0.6) is 11.5 Å². The molecule has 22 heavy (non-hydrogen) atoms. The van der Waals surface area contributed by atoms with E-state index in [1.54, 1.807) is 24.3 Å². The fourth-order valence-corrected chi connectivity index (χ4v) is 2.01. The Kier molecular flexibility index (Phi) is 5.61. The van der Waals surface area contributed by atoms with Gasteiger partial charge in [0.1, 0.15) is 11.5 Å². The number of ether oxygens (including phenoxy) is 2. The quantitative estimate of drug-likeness (QED) is 0.457. The number of halogens is 1. The zero-order valence-corrected chi connectivity index (χ0v) is 13.3. The highest BCUT2D eigenvalue weighted by molar-refractivity contribution is 6.31. The van der Waals surface area contributed by atoms with Crippen molar-refractivity contribution in [1.29, 1.82) is 0 Å². The summed E-state index contributed by atoms with van der Waals surface area (Å²) in [6, 6.07) is 12.6. The van der Waals surface area contributed by atoms with E-state index in [0.717, 1.165) is 16.9 Å². The molecule has 2 aromatic rings. The zero-order valence-electron chi connectivity index (χ0n) is 12.5. The van der Waals surface area contributed by atoms with E-state index in [1.165, 1.54) is 6.08 Å². The van der Waals surface area contributed by atoms with Gasteiger partial charge in [-0.25, -0.2) is 4.79 Å². The second kappa shape index (κ2) is 7.66. The minimum Gasteiger partial charge on any atom is -0.493 e. The van der Waals surface area contributed by atoms with Crippen molar-refractivity contribution in [2.45, 2.75) is 13.8 Å². The first-order valence-corrected chi connectivity index (χ1v) is 7.36. The molecule has 3 nitrogen and oxygen atoms in total. The molecule has 0 unspecified atom stereocenters. The molecule has 114 valence electrons. The average molecular weight is 317 g/mol. The number of esters is 1. The molecule has 0 aliphatic carbocycles. The number of hydrogen-bond donors (Lipinski definition) is 0. The van der Waals surface area contributed by atoms with Crippen LogP contribution in [0.2, 0.25) is 5.02 Å². The largest absolute Gasteiger partial charge is 0.493 e. The van der Waals surface area contributed by atoms with Crippen LogP contribution in [0.15, 0.2) is 48.5 Å². The number of para-hydroxylation sites is 1. The second-order valence-electron chi connectivity index (χ2n) is 4.64. The topological polar surface area (TPSA) is 35.5 Å². The van der Waals surface area contributed by atoms with Crippen LogP contribution in [0.25, 0.3) is 6.08 Å². The molecule has 0 amide bonds. The van der Waals surface area contributed by atoms with Gasteiger partial charge in [0.15, 0.2) is 0 Å². The molecule has 4 heteroatoms. The number of carbonyl (C=O) groups is 1. The lowest BCUT2D eigenvalue weighted by molar-refractivity contribution is -0.128. The Labute approximate surface area is 135 Å². The third kappa shape index (κ3) is 4.37. The van der Waals surface area contributed by atoms with Gasteiger partial charge in [0.05, 0.1) is 6.61 Å². The standard InChI is InChI=1S/C18H17ClO3/c1-3-21-17-7-5-4-6-14(17)8-11-18(20)22-15-9-10-16(19)13(2)12-15/h4-12H,3H2,1-2H3/b11-8+. The van der Waals surface area contributed by atoms with E-state index in [1.807, 2.05) is 38.1 Å². The van der Waals surface area contributed by atoms with E-state index in [0.29, 0.717) is 17.4 Å². The molecule has 0 aromatic heterocycles. The van der Waals surface area contributed by atoms with Crippen molar-refractivity contribution in [3.63, 3.8) is 0 Å². The van der Waals surface area contributed by atoms with Gasteiger partial charge >= 0.3 is 5.97 Å². The summed E-state index contributed by atoms with van der Waals surface area (Å²) in [6.07, 6.45) is 3.05. The van der Waals surface area contributed by atoms with Crippen LogP contribution in [-0.4, -0.2) is 12.6 Å². The number of rotatable bonds is 5. The van der Waals surface area contributed by atoms with Gasteiger partial charge in [-0.3, -0.25) is 0 Å². The molecule has 0 fully saturated rings. The molecule has 0 atom stereocenters. The Bertz CT molecular complexity index is 692. The van der Waals surface area contributed by atoms with Gasteiger partial charge in [0.2, 0.25) is 0 Å². The lowest BCUT2D eigenvalue weighted by Gasteiger charge is -2.06. The van der Waals surface area contributed by atoms with Crippen molar-refractivity contribution < 1.29 is 14.3 Å². The summed E-state index contributed by atoms with van der Waals surface area (Å²) in [5.41, 5.74) is 1.69. The minimum atomic E-state index is -0.451. The van der Waals surface area contributed by atoms with Gasteiger partial charge in [-0.2, -0.15) is 0 Å². The molecule has 0 spiro atoms. The van der Waals surface area contributed by atoms with Gasteiger partial charge in [-0.05, 0) is 49.8 Å². The first-order valence-electron chi connectivity index (χ1n) is 6.98. The minimum absolute atomic E-state index is 0.451. The molecule has 0 aliphatic rings. The van der Waals surface area contributed by atoms with Crippen LogP contribution in [0.1, 0.15) is 18.1 Å². The number of hydrogen-bond acceptors (Lipinski definition) is 3. The molecule has 0 bridgehead atoms. The first kappa shape index (κ1) is 16.1. The lowest BCUT2D eigenvalue weighted by Crippen LogP contribution is -2.04. The highest BCUT2D eigenvalue weighted by atomic mass is 35.5. The van der Waals surface area contributed by atoms with E-state index < -0.39 is 5.97 Å². The third-order valence-electron chi connectivity index (χ3n) is 2.97. The van der Waals surface area contributed by atoms with Gasteiger partial charge in [-0.1, -0.05) is 29.8 Å². The first-order chi connectivity index (χ1) is 10.6. The maximum atomic E-state index is 11.9. The van der Waals surface area contributed by atoms with Crippen molar-refractivity contribution in [2.24, 2.45) is 0 Å². The average Bonchev–Trinajstić information content (AvgIpc) is 2.50. The van der Waals surface area contributed by atoms with Crippen molar-refractivity contribution in [1.82, 2.24) is 0 Å². The summed E-state index contributed by atoms with van der Waals surface area (Å²) in [7, 11) is 0. The summed E-state index contributed by atoms with van der Waals surface area (Å²) in [4.78, 5) is 11.9. The fraction of sp³-hybridized carbons (Fsp3) is 0.167. The summed E-state index contributed by atoms with van der Waals surface area (Å²) in [5.74, 6) is 0.749. The molecule has 0 saturated carbocycles. The van der Waals surface area contributed by atoms with Crippen molar-refractivity contribution in [2.75, 3.05) is 6.61 Å². The second-order valence-corrected chi connectivity index (χ2v) is 5.04. The van der Waals surface area contributed by atoms with Gasteiger partial charge in [-0.15, -0.1) is 0 Å².